The molecule has 0 saturated carbocycles. The Kier molecular flexibility index (Phi) is 5.35. The molecule has 1 fully saturated rings. The van der Waals surface area contributed by atoms with E-state index in [1.807, 2.05) is 0 Å². The highest BCUT2D eigenvalue weighted by Crippen LogP contribution is 2.09. The average molecular weight is 266 g/mol. The molecule has 1 unspecified atom stereocenters. The molecule has 1 aliphatic heterocycles. The smallest absolute Gasteiger partial charge is 0.226 e. The molecule has 0 radical (unpaired) electrons. The van der Waals surface area contributed by atoms with Crippen molar-refractivity contribution in [1.82, 2.24) is 14.9 Å². The fraction of sp³-hybridized carbons (Fsp3) is 0.692. The van der Waals surface area contributed by atoms with E-state index < -0.39 is 0 Å². The summed E-state index contributed by atoms with van der Waals surface area (Å²) >= 11 is 0. The largest absolute Gasteiger partial charge is 0.478 e. The number of likely N-dealkylation sites (N-methyl/N-ethyl adjacent to an activating group) is 1. The summed E-state index contributed by atoms with van der Waals surface area (Å²) in [6.45, 7) is 6.15. The maximum Gasteiger partial charge on any atom is 0.226 e. The predicted octanol–water partition coefficient (Wildman–Crippen LogP) is 1.01. The molecule has 1 aromatic rings. The highest BCUT2D eigenvalue weighted by molar-refractivity contribution is 5.27. The maximum atomic E-state index is 5.67. The van der Waals surface area contributed by atoms with Crippen molar-refractivity contribution in [3.63, 3.8) is 0 Å². The molecule has 0 amide bonds. The highest BCUT2D eigenvalue weighted by atomic mass is 16.5. The van der Waals surface area contributed by atoms with Gasteiger partial charge in [0.15, 0.2) is 0 Å². The molecule has 0 aromatic carbocycles. The third-order valence-corrected chi connectivity index (χ3v) is 2.91. The lowest BCUT2D eigenvalue weighted by Crippen LogP contribution is -2.43. The van der Waals surface area contributed by atoms with Crippen LogP contribution >= 0.6 is 0 Å². The van der Waals surface area contributed by atoms with Gasteiger partial charge in [-0.25, -0.2) is 4.98 Å². The van der Waals surface area contributed by atoms with Gasteiger partial charge in [0.1, 0.15) is 0 Å². The van der Waals surface area contributed by atoms with Crippen LogP contribution < -0.4 is 10.1 Å². The van der Waals surface area contributed by atoms with E-state index in [1.165, 1.54) is 0 Å². The number of nitrogens with zero attached hydrogens (tertiary/aromatic N) is 3. The monoisotopic (exact) mass is 266 g/mol. The first kappa shape index (κ1) is 14.0. The summed E-state index contributed by atoms with van der Waals surface area (Å²) in [5, 5.41) is 3.20. The lowest BCUT2D eigenvalue weighted by Gasteiger charge is -2.30. The van der Waals surface area contributed by atoms with E-state index in [4.69, 9.17) is 9.47 Å². The summed E-state index contributed by atoms with van der Waals surface area (Å²) in [7, 11) is 2.10. The van der Waals surface area contributed by atoms with E-state index in [9.17, 15) is 0 Å². The van der Waals surface area contributed by atoms with Gasteiger partial charge in [-0.05, 0) is 13.5 Å². The number of aromatic nitrogens is 2. The second kappa shape index (κ2) is 7.25. The Morgan fingerprint density at radius 1 is 1.58 bits per heavy atom. The van der Waals surface area contributed by atoms with Gasteiger partial charge in [0.25, 0.3) is 0 Å². The topological polar surface area (TPSA) is 59.5 Å². The Labute approximate surface area is 114 Å². The van der Waals surface area contributed by atoms with Gasteiger partial charge < -0.3 is 19.7 Å². The zero-order chi connectivity index (χ0) is 13.5. The van der Waals surface area contributed by atoms with Crippen molar-refractivity contribution in [1.29, 1.82) is 0 Å². The van der Waals surface area contributed by atoms with Crippen molar-refractivity contribution in [2.24, 2.45) is 0 Å². The molecule has 0 aliphatic carbocycles. The minimum absolute atomic E-state index is 0.183. The van der Waals surface area contributed by atoms with Gasteiger partial charge in [-0.1, -0.05) is 6.92 Å². The molecule has 0 bridgehead atoms. The van der Waals surface area contributed by atoms with Gasteiger partial charge in [0, 0.05) is 31.9 Å². The van der Waals surface area contributed by atoms with Gasteiger partial charge in [-0.15, -0.1) is 0 Å². The van der Waals surface area contributed by atoms with E-state index in [2.05, 4.69) is 34.2 Å². The molecule has 1 N–H and O–H groups in total. The fourth-order valence-electron chi connectivity index (χ4n) is 1.91. The Hall–Kier alpha value is -1.40. The van der Waals surface area contributed by atoms with Crippen molar-refractivity contribution < 1.29 is 9.47 Å². The van der Waals surface area contributed by atoms with Crippen molar-refractivity contribution in [3.8, 4) is 5.88 Å². The number of morpholine rings is 1. The van der Waals surface area contributed by atoms with Crippen LogP contribution in [0.2, 0.25) is 0 Å². The minimum atomic E-state index is 0.183. The number of hydrogen-bond donors (Lipinski definition) is 1. The van der Waals surface area contributed by atoms with Crippen LogP contribution in [0, 0.1) is 0 Å². The fourth-order valence-corrected chi connectivity index (χ4v) is 1.91. The van der Waals surface area contributed by atoms with E-state index >= 15 is 0 Å². The van der Waals surface area contributed by atoms with Crippen LogP contribution in [0.15, 0.2) is 12.3 Å². The van der Waals surface area contributed by atoms with Crippen LogP contribution in [-0.2, 0) is 4.74 Å². The van der Waals surface area contributed by atoms with E-state index in [-0.39, 0.29) is 6.10 Å². The third kappa shape index (κ3) is 4.65. The zero-order valence-corrected chi connectivity index (χ0v) is 11.6. The normalized spacial score (nSPS) is 20.2. The molecule has 6 heteroatoms. The molecule has 19 heavy (non-hydrogen) atoms. The second-order valence-corrected chi connectivity index (χ2v) is 4.70. The first-order valence-electron chi connectivity index (χ1n) is 6.78. The van der Waals surface area contributed by atoms with Gasteiger partial charge in [-0.3, -0.25) is 0 Å². The molecule has 1 aliphatic rings. The Morgan fingerprint density at radius 3 is 3.26 bits per heavy atom. The van der Waals surface area contributed by atoms with Crippen LogP contribution in [0.5, 0.6) is 5.88 Å². The molecular formula is C13H22N4O2. The third-order valence-electron chi connectivity index (χ3n) is 2.91. The van der Waals surface area contributed by atoms with Crippen LogP contribution in [0.25, 0.3) is 0 Å². The van der Waals surface area contributed by atoms with Gasteiger partial charge in [-0.2, -0.15) is 4.98 Å². The minimum Gasteiger partial charge on any atom is -0.478 e. The number of hydrogen-bond acceptors (Lipinski definition) is 6. The Morgan fingerprint density at radius 2 is 2.47 bits per heavy atom. The number of nitrogens with one attached hydrogen (secondary N) is 1. The lowest BCUT2D eigenvalue weighted by atomic mass is 10.3. The molecule has 1 aromatic heterocycles. The highest BCUT2D eigenvalue weighted by Gasteiger charge is 2.17. The van der Waals surface area contributed by atoms with Gasteiger partial charge in [0.05, 0.1) is 19.3 Å². The Balaban J connectivity index is 1.81. The predicted molar refractivity (Wildman–Crippen MR) is 73.5 cm³/mol. The molecular weight excluding hydrogens is 244 g/mol. The van der Waals surface area contributed by atoms with Crippen LogP contribution in [0.4, 0.5) is 5.95 Å². The van der Waals surface area contributed by atoms with Gasteiger partial charge >= 0.3 is 0 Å². The molecule has 106 valence electrons. The summed E-state index contributed by atoms with van der Waals surface area (Å²) in [4.78, 5) is 10.7. The van der Waals surface area contributed by atoms with E-state index in [0.29, 0.717) is 25.0 Å². The van der Waals surface area contributed by atoms with E-state index in [0.717, 1.165) is 26.1 Å². The first-order valence-corrected chi connectivity index (χ1v) is 6.78. The molecule has 1 atom stereocenters. The van der Waals surface area contributed by atoms with Crippen LogP contribution in [-0.4, -0.2) is 60.9 Å². The number of anilines is 1. The van der Waals surface area contributed by atoms with Crippen molar-refractivity contribution in [2.75, 3.05) is 45.2 Å². The number of ether oxygens (including phenoxy) is 2. The summed E-state index contributed by atoms with van der Waals surface area (Å²) in [5.74, 6) is 1.20. The summed E-state index contributed by atoms with van der Waals surface area (Å²) in [5.41, 5.74) is 0. The average Bonchev–Trinajstić information content (AvgIpc) is 2.43. The second-order valence-electron chi connectivity index (χ2n) is 4.70. The van der Waals surface area contributed by atoms with E-state index in [1.54, 1.807) is 12.3 Å². The van der Waals surface area contributed by atoms with Crippen LogP contribution in [0.3, 0.4) is 0 Å². The van der Waals surface area contributed by atoms with Crippen molar-refractivity contribution in [3.05, 3.63) is 12.3 Å². The first-order chi connectivity index (χ1) is 9.28. The quantitative estimate of drug-likeness (QED) is 0.829. The molecule has 1 saturated heterocycles. The maximum absolute atomic E-state index is 5.67. The Bertz CT molecular complexity index is 389. The van der Waals surface area contributed by atoms with Crippen LogP contribution in [0.1, 0.15) is 13.3 Å². The molecule has 6 nitrogen and oxygen atoms in total. The lowest BCUT2D eigenvalue weighted by molar-refractivity contribution is -0.0118. The molecule has 0 spiro atoms. The SMILES string of the molecule is CCCOc1ccnc(NCC2CN(C)CCO2)n1. The standard InChI is InChI=1S/C13H22N4O2/c1-3-7-19-12-4-5-14-13(16-12)15-9-11-10-17(2)6-8-18-11/h4-5,11H,3,6-10H2,1-2H3,(H,14,15,16). The van der Waals surface area contributed by atoms with Crippen molar-refractivity contribution in [2.45, 2.75) is 19.4 Å². The molecule has 2 heterocycles. The molecule has 2 rings (SSSR count). The summed E-state index contributed by atoms with van der Waals surface area (Å²) in [6.07, 6.45) is 2.85. The summed E-state index contributed by atoms with van der Waals surface area (Å²) < 4.78 is 11.1. The zero-order valence-electron chi connectivity index (χ0n) is 11.6. The van der Waals surface area contributed by atoms with Gasteiger partial charge in [0.2, 0.25) is 11.8 Å². The van der Waals surface area contributed by atoms with Crippen molar-refractivity contribution >= 4 is 5.95 Å². The number of rotatable bonds is 6. The summed E-state index contributed by atoms with van der Waals surface area (Å²) in [6, 6.07) is 1.77.